The van der Waals surface area contributed by atoms with E-state index in [1.807, 2.05) is 0 Å². The predicted molar refractivity (Wildman–Crippen MR) is 119 cm³/mol. The fourth-order valence-electron chi connectivity index (χ4n) is 3.73. The Morgan fingerprint density at radius 3 is 2.35 bits per heavy atom. The molecule has 0 fully saturated rings. The van der Waals surface area contributed by atoms with Crippen LogP contribution in [0.15, 0.2) is 73.1 Å². The summed E-state index contributed by atoms with van der Waals surface area (Å²) in [4.78, 5) is 24.1. The summed E-state index contributed by atoms with van der Waals surface area (Å²) in [5, 5.41) is 16.2. The first kappa shape index (κ1) is 23.0. The van der Waals surface area contributed by atoms with Crippen molar-refractivity contribution in [2.45, 2.75) is 25.6 Å². The van der Waals surface area contributed by atoms with Crippen molar-refractivity contribution in [1.82, 2.24) is 14.9 Å². The Balaban J connectivity index is 1.57. The maximum Gasteiger partial charge on any atom is 0.416 e. The highest BCUT2D eigenvalue weighted by Crippen LogP contribution is 2.30. The number of carboxylic acids is 1. The number of aromatic nitrogens is 2. The molecule has 1 amide bonds. The standard InChI is InChI=1S/C25H20F3N3O3/c1-15(17-6-8-18(9-7-17)24(33)34)30-23(32)21-14-29-31-12-2-3-19(22(21)31)13-16-4-10-20(11-5-16)25(26,27)28/h2-12,14-15H,13H2,1H3,(H,30,32)(H,33,34)/t15-/m0/s1. The van der Waals surface area contributed by atoms with Gasteiger partial charge in [0.1, 0.15) is 0 Å². The number of amides is 1. The van der Waals surface area contributed by atoms with Gasteiger partial charge in [0.25, 0.3) is 5.91 Å². The Bertz CT molecular complexity index is 1340. The van der Waals surface area contributed by atoms with Gasteiger partial charge in [-0.2, -0.15) is 18.3 Å². The average molecular weight is 467 g/mol. The Kier molecular flexibility index (Phi) is 6.10. The van der Waals surface area contributed by atoms with E-state index in [2.05, 4.69) is 10.4 Å². The number of pyridine rings is 1. The summed E-state index contributed by atoms with van der Waals surface area (Å²) < 4.78 is 40.1. The van der Waals surface area contributed by atoms with Crippen molar-refractivity contribution < 1.29 is 27.9 Å². The summed E-state index contributed by atoms with van der Waals surface area (Å²) >= 11 is 0. The van der Waals surface area contributed by atoms with Gasteiger partial charge in [-0.3, -0.25) is 4.79 Å². The number of alkyl halides is 3. The average Bonchev–Trinajstić information content (AvgIpc) is 3.24. The van der Waals surface area contributed by atoms with E-state index in [0.717, 1.165) is 23.3 Å². The SMILES string of the molecule is C[C@H](NC(=O)c1cnn2cccc(Cc3ccc(C(F)(F)F)cc3)c12)c1ccc(C(=O)O)cc1. The maximum absolute atomic E-state index is 13.1. The van der Waals surface area contributed by atoms with Gasteiger partial charge in [-0.15, -0.1) is 0 Å². The number of aromatic carboxylic acids is 1. The van der Waals surface area contributed by atoms with Crippen molar-refractivity contribution in [3.05, 3.63) is 106 Å². The summed E-state index contributed by atoms with van der Waals surface area (Å²) in [6.07, 6.45) is -0.946. The summed E-state index contributed by atoms with van der Waals surface area (Å²) in [7, 11) is 0. The van der Waals surface area contributed by atoms with E-state index in [1.165, 1.54) is 30.5 Å². The topological polar surface area (TPSA) is 83.7 Å². The molecule has 2 aromatic carbocycles. The van der Waals surface area contributed by atoms with E-state index in [4.69, 9.17) is 5.11 Å². The number of hydrogen-bond acceptors (Lipinski definition) is 3. The van der Waals surface area contributed by atoms with Crippen LogP contribution in [0.3, 0.4) is 0 Å². The van der Waals surface area contributed by atoms with E-state index < -0.39 is 23.8 Å². The molecule has 4 aromatic rings. The van der Waals surface area contributed by atoms with Gasteiger partial charge in [-0.25, -0.2) is 9.31 Å². The quantitative estimate of drug-likeness (QED) is 0.412. The van der Waals surface area contributed by atoms with E-state index in [-0.39, 0.29) is 11.5 Å². The van der Waals surface area contributed by atoms with Crippen molar-refractivity contribution in [1.29, 1.82) is 0 Å². The van der Waals surface area contributed by atoms with Crippen molar-refractivity contribution in [3.63, 3.8) is 0 Å². The molecule has 2 N–H and O–H groups in total. The number of fused-ring (bicyclic) bond motifs is 1. The lowest BCUT2D eigenvalue weighted by atomic mass is 10.0. The smallest absolute Gasteiger partial charge is 0.416 e. The van der Waals surface area contributed by atoms with Gasteiger partial charge in [0.15, 0.2) is 0 Å². The minimum atomic E-state index is -4.40. The Morgan fingerprint density at radius 1 is 1.06 bits per heavy atom. The molecule has 0 aliphatic carbocycles. The molecule has 0 aliphatic heterocycles. The number of carbonyl (C=O) groups is 2. The van der Waals surface area contributed by atoms with Crippen LogP contribution in [0, 0.1) is 0 Å². The van der Waals surface area contributed by atoms with Gasteiger partial charge in [0.05, 0.1) is 34.4 Å². The van der Waals surface area contributed by atoms with Crippen LogP contribution in [0.1, 0.15) is 55.9 Å². The number of rotatable bonds is 6. The molecule has 9 heteroatoms. The lowest BCUT2D eigenvalue weighted by Crippen LogP contribution is -2.26. The normalized spacial score (nSPS) is 12.5. The highest BCUT2D eigenvalue weighted by Gasteiger charge is 2.30. The third-order valence-electron chi connectivity index (χ3n) is 5.55. The molecule has 4 rings (SSSR count). The molecule has 0 radical (unpaired) electrons. The lowest BCUT2D eigenvalue weighted by Gasteiger charge is -2.15. The zero-order chi connectivity index (χ0) is 24.5. The molecule has 34 heavy (non-hydrogen) atoms. The Morgan fingerprint density at radius 2 is 1.74 bits per heavy atom. The number of hydrogen-bond donors (Lipinski definition) is 2. The minimum Gasteiger partial charge on any atom is -0.478 e. The molecule has 0 saturated carbocycles. The predicted octanol–water partition coefficient (Wildman–Crippen LogP) is 5.13. The van der Waals surface area contributed by atoms with Crippen LogP contribution in [0.2, 0.25) is 0 Å². The summed E-state index contributed by atoms with van der Waals surface area (Å²) in [5.74, 6) is -1.40. The van der Waals surface area contributed by atoms with Crippen molar-refractivity contribution in [3.8, 4) is 0 Å². The van der Waals surface area contributed by atoms with Gasteiger partial charge >= 0.3 is 12.1 Å². The molecule has 2 heterocycles. The second kappa shape index (κ2) is 9.01. The number of halogens is 3. The highest BCUT2D eigenvalue weighted by molar-refractivity contribution is 6.01. The first-order valence-corrected chi connectivity index (χ1v) is 10.4. The molecular formula is C25H20F3N3O3. The van der Waals surface area contributed by atoms with Crippen molar-refractivity contribution >= 4 is 17.4 Å². The first-order valence-electron chi connectivity index (χ1n) is 10.4. The molecular weight excluding hydrogens is 447 g/mol. The van der Waals surface area contributed by atoms with Crippen LogP contribution >= 0.6 is 0 Å². The number of carbonyl (C=O) groups excluding carboxylic acids is 1. The number of nitrogens with zero attached hydrogens (tertiary/aromatic N) is 2. The van der Waals surface area contributed by atoms with Crippen molar-refractivity contribution in [2.75, 3.05) is 0 Å². The molecule has 174 valence electrons. The molecule has 0 bridgehead atoms. The first-order chi connectivity index (χ1) is 16.1. The highest BCUT2D eigenvalue weighted by atomic mass is 19.4. The Hall–Kier alpha value is -4.14. The van der Waals surface area contributed by atoms with Gasteiger partial charge in [-0.05, 0) is 60.4 Å². The Labute approximate surface area is 192 Å². The summed E-state index contributed by atoms with van der Waals surface area (Å²) in [5.41, 5.74) is 2.47. The molecule has 0 spiro atoms. The zero-order valence-corrected chi connectivity index (χ0v) is 18.0. The summed E-state index contributed by atoms with van der Waals surface area (Å²) in [6, 6.07) is 14.3. The molecule has 0 unspecified atom stereocenters. The van der Waals surface area contributed by atoms with E-state index >= 15 is 0 Å². The monoisotopic (exact) mass is 467 g/mol. The molecule has 1 atom stereocenters. The minimum absolute atomic E-state index is 0.151. The zero-order valence-electron chi connectivity index (χ0n) is 18.0. The third-order valence-corrected chi connectivity index (χ3v) is 5.55. The lowest BCUT2D eigenvalue weighted by molar-refractivity contribution is -0.137. The second-order valence-electron chi connectivity index (χ2n) is 7.88. The van der Waals surface area contributed by atoms with E-state index in [9.17, 15) is 22.8 Å². The van der Waals surface area contributed by atoms with Crippen molar-refractivity contribution in [2.24, 2.45) is 0 Å². The van der Waals surface area contributed by atoms with Gasteiger partial charge in [0, 0.05) is 6.20 Å². The third kappa shape index (κ3) is 4.78. The second-order valence-corrected chi connectivity index (χ2v) is 7.88. The maximum atomic E-state index is 13.1. The van der Waals surface area contributed by atoms with E-state index in [0.29, 0.717) is 23.1 Å². The molecule has 2 aromatic heterocycles. The van der Waals surface area contributed by atoms with E-state index in [1.54, 1.807) is 41.9 Å². The van der Waals surface area contributed by atoms with Gasteiger partial charge in [0.2, 0.25) is 0 Å². The number of carboxylic acid groups (broad SMARTS) is 1. The fraction of sp³-hybridized carbons (Fsp3) is 0.160. The number of benzene rings is 2. The molecule has 0 saturated heterocycles. The van der Waals surface area contributed by atoms with Crippen LogP contribution in [0.4, 0.5) is 13.2 Å². The van der Waals surface area contributed by atoms with Crippen LogP contribution in [-0.4, -0.2) is 26.6 Å². The molecule has 6 nitrogen and oxygen atoms in total. The fourth-order valence-corrected chi connectivity index (χ4v) is 3.73. The largest absolute Gasteiger partial charge is 0.478 e. The number of nitrogens with one attached hydrogen (secondary N) is 1. The van der Waals surface area contributed by atoms with Crippen LogP contribution in [0.5, 0.6) is 0 Å². The molecule has 0 aliphatic rings. The van der Waals surface area contributed by atoms with Crippen LogP contribution in [0.25, 0.3) is 5.52 Å². The van der Waals surface area contributed by atoms with Gasteiger partial charge < -0.3 is 10.4 Å². The van der Waals surface area contributed by atoms with Crippen LogP contribution < -0.4 is 5.32 Å². The van der Waals surface area contributed by atoms with Crippen LogP contribution in [-0.2, 0) is 12.6 Å². The van der Waals surface area contributed by atoms with Gasteiger partial charge in [-0.1, -0.05) is 30.3 Å². The summed E-state index contributed by atoms with van der Waals surface area (Å²) in [6.45, 7) is 1.78.